The van der Waals surface area contributed by atoms with Crippen molar-refractivity contribution in [1.29, 1.82) is 0 Å². The molecular weight excluding hydrogens is 204 g/mol. The van der Waals surface area contributed by atoms with E-state index in [2.05, 4.69) is 5.32 Å². The first-order valence-electron chi connectivity index (χ1n) is 5.45. The van der Waals surface area contributed by atoms with Crippen LogP contribution in [0, 0.1) is 0 Å². The summed E-state index contributed by atoms with van der Waals surface area (Å²) in [5.74, 6) is 0.766. The zero-order valence-corrected chi connectivity index (χ0v) is 9.53. The summed E-state index contributed by atoms with van der Waals surface area (Å²) in [6.45, 7) is 3.36. The van der Waals surface area contributed by atoms with Crippen molar-refractivity contribution in [1.82, 2.24) is 5.32 Å². The average Bonchev–Trinajstić information content (AvgIpc) is 2.30. The highest BCUT2D eigenvalue weighted by Crippen LogP contribution is 2.16. The maximum absolute atomic E-state index is 11.2. The van der Waals surface area contributed by atoms with Gasteiger partial charge in [-0.05, 0) is 13.0 Å². The van der Waals surface area contributed by atoms with E-state index in [0.717, 1.165) is 11.3 Å². The van der Waals surface area contributed by atoms with Crippen LogP contribution in [0.15, 0.2) is 24.3 Å². The van der Waals surface area contributed by atoms with Crippen molar-refractivity contribution < 1.29 is 9.53 Å². The molecule has 0 bridgehead atoms. The highest BCUT2D eigenvalue weighted by Gasteiger charge is 2.03. The highest BCUT2D eigenvalue weighted by molar-refractivity contribution is 5.75. The van der Waals surface area contributed by atoms with Gasteiger partial charge in [0.2, 0.25) is 5.91 Å². The number of hydrogen-bond acceptors (Lipinski definition) is 3. The Labute approximate surface area is 95.8 Å². The molecule has 1 aromatic carbocycles. The van der Waals surface area contributed by atoms with Gasteiger partial charge in [-0.15, -0.1) is 0 Å². The summed E-state index contributed by atoms with van der Waals surface area (Å²) in [6, 6.07) is 7.58. The molecule has 0 fully saturated rings. The van der Waals surface area contributed by atoms with Crippen molar-refractivity contribution >= 4 is 5.91 Å². The second-order valence-corrected chi connectivity index (χ2v) is 3.36. The molecule has 0 aliphatic carbocycles. The van der Waals surface area contributed by atoms with Gasteiger partial charge in [-0.2, -0.15) is 0 Å². The predicted octanol–water partition coefficient (Wildman–Crippen LogP) is 1.05. The van der Waals surface area contributed by atoms with E-state index in [-0.39, 0.29) is 5.91 Å². The lowest BCUT2D eigenvalue weighted by atomic mass is 10.2. The van der Waals surface area contributed by atoms with Crippen LogP contribution in [-0.4, -0.2) is 19.1 Å². The average molecular weight is 222 g/mol. The molecule has 0 spiro atoms. The van der Waals surface area contributed by atoms with Crippen molar-refractivity contribution in [2.75, 3.05) is 13.2 Å². The molecule has 1 rings (SSSR count). The number of amides is 1. The molecule has 0 aliphatic heterocycles. The summed E-state index contributed by atoms with van der Waals surface area (Å²) in [6.07, 6.45) is 0.368. The lowest BCUT2D eigenvalue weighted by Crippen LogP contribution is -2.24. The normalized spacial score (nSPS) is 9.88. The molecule has 0 aliphatic rings. The second kappa shape index (κ2) is 6.85. The van der Waals surface area contributed by atoms with Crippen molar-refractivity contribution in [3.8, 4) is 5.75 Å². The fourth-order valence-corrected chi connectivity index (χ4v) is 1.35. The molecule has 3 N–H and O–H groups in total. The van der Waals surface area contributed by atoms with Crippen molar-refractivity contribution in [2.24, 2.45) is 5.73 Å². The largest absolute Gasteiger partial charge is 0.493 e. The topological polar surface area (TPSA) is 64.3 Å². The van der Waals surface area contributed by atoms with Gasteiger partial charge >= 0.3 is 0 Å². The number of carbonyl (C=O) groups is 1. The Hall–Kier alpha value is -1.55. The molecule has 4 nitrogen and oxygen atoms in total. The number of nitrogens with one attached hydrogen (secondary N) is 1. The number of rotatable bonds is 6. The van der Waals surface area contributed by atoms with Gasteiger partial charge in [0, 0.05) is 18.7 Å². The van der Waals surface area contributed by atoms with E-state index >= 15 is 0 Å². The summed E-state index contributed by atoms with van der Waals surface area (Å²) >= 11 is 0. The quantitative estimate of drug-likeness (QED) is 0.756. The SMILES string of the molecule is CCNC(=O)CCOc1ccccc1CN. The van der Waals surface area contributed by atoms with Gasteiger partial charge in [0.25, 0.3) is 0 Å². The van der Waals surface area contributed by atoms with Crippen LogP contribution in [-0.2, 0) is 11.3 Å². The molecule has 0 saturated heterocycles. The smallest absolute Gasteiger partial charge is 0.223 e. The van der Waals surface area contributed by atoms with Crippen LogP contribution in [0.2, 0.25) is 0 Å². The molecule has 1 amide bonds. The van der Waals surface area contributed by atoms with Crippen molar-refractivity contribution in [3.63, 3.8) is 0 Å². The summed E-state index contributed by atoms with van der Waals surface area (Å²) < 4.78 is 5.50. The van der Waals surface area contributed by atoms with Crippen LogP contribution in [0.1, 0.15) is 18.9 Å². The zero-order chi connectivity index (χ0) is 11.8. The molecule has 16 heavy (non-hydrogen) atoms. The Kier molecular flexibility index (Phi) is 5.36. The van der Waals surface area contributed by atoms with E-state index in [1.54, 1.807) is 0 Å². The van der Waals surface area contributed by atoms with Crippen LogP contribution in [0.25, 0.3) is 0 Å². The highest BCUT2D eigenvalue weighted by atomic mass is 16.5. The van der Waals surface area contributed by atoms with Crippen LogP contribution >= 0.6 is 0 Å². The minimum Gasteiger partial charge on any atom is -0.493 e. The Balaban J connectivity index is 2.39. The standard InChI is InChI=1S/C12H18N2O2/c1-2-14-12(15)7-8-16-11-6-4-3-5-10(11)9-13/h3-6H,2,7-9,13H2,1H3,(H,14,15). The molecule has 0 radical (unpaired) electrons. The minimum absolute atomic E-state index is 0.00716. The van der Waals surface area contributed by atoms with Gasteiger partial charge in [0.15, 0.2) is 0 Å². The van der Waals surface area contributed by atoms with Gasteiger partial charge in [-0.1, -0.05) is 18.2 Å². The van der Waals surface area contributed by atoms with Crippen molar-refractivity contribution in [2.45, 2.75) is 19.9 Å². The summed E-state index contributed by atoms with van der Waals surface area (Å²) in [7, 11) is 0. The number of ether oxygens (including phenoxy) is 1. The fourth-order valence-electron chi connectivity index (χ4n) is 1.35. The number of para-hydroxylation sites is 1. The Morgan fingerprint density at radius 1 is 1.44 bits per heavy atom. The van der Waals surface area contributed by atoms with Gasteiger partial charge in [-0.25, -0.2) is 0 Å². The summed E-state index contributed by atoms with van der Waals surface area (Å²) in [4.78, 5) is 11.2. The van der Waals surface area contributed by atoms with E-state index in [9.17, 15) is 4.79 Å². The lowest BCUT2D eigenvalue weighted by molar-refractivity contribution is -0.121. The van der Waals surface area contributed by atoms with E-state index in [1.165, 1.54) is 0 Å². The predicted molar refractivity (Wildman–Crippen MR) is 63.1 cm³/mol. The molecule has 4 heteroatoms. The number of benzene rings is 1. The number of carbonyl (C=O) groups excluding carboxylic acids is 1. The van der Waals surface area contributed by atoms with E-state index in [1.807, 2.05) is 31.2 Å². The maximum Gasteiger partial charge on any atom is 0.223 e. The maximum atomic E-state index is 11.2. The Bertz CT molecular complexity index is 340. The van der Waals surface area contributed by atoms with Gasteiger partial charge in [0.05, 0.1) is 13.0 Å². The summed E-state index contributed by atoms with van der Waals surface area (Å²) in [5, 5.41) is 2.72. The molecule has 88 valence electrons. The summed E-state index contributed by atoms with van der Waals surface area (Å²) in [5.41, 5.74) is 6.53. The van der Waals surface area contributed by atoms with E-state index in [4.69, 9.17) is 10.5 Å². The Morgan fingerprint density at radius 2 is 2.19 bits per heavy atom. The lowest BCUT2D eigenvalue weighted by Gasteiger charge is -2.09. The van der Waals surface area contributed by atoms with Gasteiger partial charge in [0.1, 0.15) is 5.75 Å². The van der Waals surface area contributed by atoms with Crippen LogP contribution < -0.4 is 15.8 Å². The first-order chi connectivity index (χ1) is 7.77. The van der Waals surface area contributed by atoms with Gasteiger partial charge in [-0.3, -0.25) is 4.79 Å². The number of nitrogens with two attached hydrogens (primary N) is 1. The monoisotopic (exact) mass is 222 g/mol. The first-order valence-corrected chi connectivity index (χ1v) is 5.45. The zero-order valence-electron chi connectivity index (χ0n) is 9.53. The molecular formula is C12H18N2O2. The molecule has 0 unspecified atom stereocenters. The molecule has 0 saturated carbocycles. The minimum atomic E-state index is 0.00716. The van der Waals surface area contributed by atoms with Crippen LogP contribution in [0.4, 0.5) is 0 Å². The third-order valence-electron chi connectivity index (χ3n) is 2.15. The van der Waals surface area contributed by atoms with Gasteiger partial charge < -0.3 is 15.8 Å². The molecule has 0 atom stereocenters. The van der Waals surface area contributed by atoms with Crippen molar-refractivity contribution in [3.05, 3.63) is 29.8 Å². The Morgan fingerprint density at radius 3 is 2.88 bits per heavy atom. The van der Waals surface area contributed by atoms with E-state index < -0.39 is 0 Å². The fraction of sp³-hybridized carbons (Fsp3) is 0.417. The van der Waals surface area contributed by atoms with E-state index in [0.29, 0.717) is 26.1 Å². The third kappa shape index (κ3) is 3.90. The first kappa shape index (κ1) is 12.5. The van der Waals surface area contributed by atoms with Crippen LogP contribution in [0.3, 0.4) is 0 Å². The third-order valence-corrected chi connectivity index (χ3v) is 2.15. The number of hydrogen-bond donors (Lipinski definition) is 2. The second-order valence-electron chi connectivity index (χ2n) is 3.36. The molecule has 0 aromatic heterocycles. The molecule has 0 heterocycles. The molecule has 1 aromatic rings. The van der Waals surface area contributed by atoms with Crippen LogP contribution in [0.5, 0.6) is 5.75 Å².